The molecule has 142 valence electrons. The first-order valence-corrected chi connectivity index (χ1v) is 10.0. The van der Waals surface area contributed by atoms with Crippen LogP contribution in [-0.4, -0.2) is 38.8 Å². The first-order valence-electron chi connectivity index (χ1n) is 9.16. The summed E-state index contributed by atoms with van der Waals surface area (Å²) in [4.78, 5) is 10.3. The molecule has 0 radical (unpaired) electrons. The number of nitrogens with one attached hydrogen (secondary N) is 2. The summed E-state index contributed by atoms with van der Waals surface area (Å²) >= 11 is 1.72. The van der Waals surface area contributed by atoms with E-state index in [2.05, 4.69) is 54.8 Å². The van der Waals surface area contributed by atoms with Crippen molar-refractivity contribution >= 4 is 17.3 Å². The summed E-state index contributed by atoms with van der Waals surface area (Å²) in [6.07, 6.45) is 5.33. The first-order chi connectivity index (χ1) is 13.3. The molecule has 0 atom stereocenters. The van der Waals surface area contributed by atoms with Crippen molar-refractivity contribution < 1.29 is 0 Å². The molecule has 7 nitrogen and oxygen atoms in total. The molecule has 0 aromatic carbocycles. The van der Waals surface area contributed by atoms with Crippen molar-refractivity contribution in [3.8, 4) is 0 Å². The molecule has 3 aromatic heterocycles. The number of aliphatic imine (C=N–C) groups is 1. The summed E-state index contributed by atoms with van der Waals surface area (Å²) in [7, 11) is 0. The van der Waals surface area contributed by atoms with Crippen LogP contribution in [0, 0.1) is 0 Å². The fourth-order valence-electron chi connectivity index (χ4n) is 2.62. The van der Waals surface area contributed by atoms with E-state index in [0.29, 0.717) is 6.54 Å². The number of hydrogen-bond acceptors (Lipinski definition) is 5. The van der Waals surface area contributed by atoms with Gasteiger partial charge in [0.05, 0.1) is 6.54 Å². The van der Waals surface area contributed by atoms with Crippen LogP contribution in [0.2, 0.25) is 0 Å². The van der Waals surface area contributed by atoms with Gasteiger partial charge in [0.1, 0.15) is 12.2 Å². The molecule has 2 N–H and O–H groups in total. The Morgan fingerprint density at radius 1 is 1.19 bits per heavy atom. The van der Waals surface area contributed by atoms with E-state index in [1.165, 1.54) is 4.88 Å². The molecule has 0 fully saturated rings. The van der Waals surface area contributed by atoms with E-state index in [0.717, 1.165) is 50.0 Å². The normalized spacial score (nSPS) is 11.5. The molecular weight excluding hydrogens is 358 g/mol. The number of pyridine rings is 1. The molecule has 0 unspecified atom stereocenters. The van der Waals surface area contributed by atoms with Gasteiger partial charge in [-0.3, -0.25) is 4.98 Å². The average molecular weight is 384 g/mol. The summed E-state index contributed by atoms with van der Waals surface area (Å²) in [5, 5.41) is 17.0. The predicted molar refractivity (Wildman–Crippen MR) is 109 cm³/mol. The number of rotatable bonds is 9. The quantitative estimate of drug-likeness (QED) is 0.438. The van der Waals surface area contributed by atoms with Crippen molar-refractivity contribution in [1.29, 1.82) is 0 Å². The highest BCUT2D eigenvalue weighted by atomic mass is 32.1. The smallest absolute Gasteiger partial charge is 0.191 e. The zero-order valence-corrected chi connectivity index (χ0v) is 16.3. The summed E-state index contributed by atoms with van der Waals surface area (Å²) in [6, 6.07) is 10.1. The van der Waals surface area contributed by atoms with Gasteiger partial charge in [0.2, 0.25) is 0 Å². The Hall–Kier alpha value is -2.74. The lowest BCUT2D eigenvalue weighted by Gasteiger charge is -2.13. The maximum Gasteiger partial charge on any atom is 0.191 e. The van der Waals surface area contributed by atoms with Gasteiger partial charge in [0, 0.05) is 49.2 Å². The van der Waals surface area contributed by atoms with Crippen molar-refractivity contribution in [1.82, 2.24) is 30.4 Å². The van der Waals surface area contributed by atoms with Crippen LogP contribution in [0.5, 0.6) is 0 Å². The summed E-state index contributed by atoms with van der Waals surface area (Å²) in [5.74, 6) is 1.81. The summed E-state index contributed by atoms with van der Waals surface area (Å²) in [5.41, 5.74) is 1.07. The maximum absolute atomic E-state index is 4.70. The van der Waals surface area contributed by atoms with Gasteiger partial charge in [-0.2, -0.15) is 0 Å². The van der Waals surface area contributed by atoms with Crippen molar-refractivity contribution in [2.45, 2.75) is 32.9 Å². The largest absolute Gasteiger partial charge is 0.356 e. The van der Waals surface area contributed by atoms with Crippen molar-refractivity contribution in [2.75, 3.05) is 13.1 Å². The number of hydrogen-bond donors (Lipinski definition) is 2. The van der Waals surface area contributed by atoms with Crippen molar-refractivity contribution in [2.24, 2.45) is 4.99 Å². The maximum atomic E-state index is 4.70. The number of guanidine groups is 1. The average Bonchev–Trinajstić information content (AvgIpc) is 3.38. The van der Waals surface area contributed by atoms with Gasteiger partial charge in [-0.05, 0) is 23.6 Å². The Morgan fingerprint density at radius 2 is 2.11 bits per heavy atom. The van der Waals surface area contributed by atoms with Crippen molar-refractivity contribution in [3.63, 3.8) is 0 Å². The van der Waals surface area contributed by atoms with Crippen LogP contribution in [0.15, 0.2) is 53.2 Å². The van der Waals surface area contributed by atoms with Gasteiger partial charge in [-0.1, -0.05) is 19.1 Å². The van der Waals surface area contributed by atoms with E-state index < -0.39 is 0 Å². The monoisotopic (exact) mass is 383 g/mol. The van der Waals surface area contributed by atoms with Crippen LogP contribution >= 0.6 is 11.3 Å². The molecule has 0 saturated carbocycles. The lowest BCUT2D eigenvalue weighted by atomic mass is 10.3. The molecule has 27 heavy (non-hydrogen) atoms. The van der Waals surface area contributed by atoms with Gasteiger partial charge in [-0.25, -0.2) is 4.99 Å². The molecule has 8 heteroatoms. The molecule has 0 bridgehead atoms. The van der Waals surface area contributed by atoms with Crippen LogP contribution in [0.25, 0.3) is 0 Å². The molecule has 3 aromatic rings. The van der Waals surface area contributed by atoms with E-state index in [-0.39, 0.29) is 0 Å². The second kappa shape index (κ2) is 10.4. The summed E-state index contributed by atoms with van der Waals surface area (Å²) in [6.45, 7) is 5.09. The van der Waals surface area contributed by atoms with E-state index in [1.807, 2.05) is 24.4 Å². The number of nitrogens with zero attached hydrogens (tertiary/aromatic N) is 5. The molecule has 0 spiro atoms. The van der Waals surface area contributed by atoms with Gasteiger partial charge in [-0.15, -0.1) is 21.5 Å². The van der Waals surface area contributed by atoms with Crippen molar-refractivity contribution in [3.05, 3.63) is 64.6 Å². The van der Waals surface area contributed by atoms with Crippen LogP contribution in [0.1, 0.15) is 23.3 Å². The Balaban J connectivity index is 1.52. The third kappa shape index (κ3) is 6.18. The molecule has 0 amide bonds. The lowest BCUT2D eigenvalue weighted by molar-refractivity contribution is 0.631. The molecule has 0 aliphatic rings. The zero-order valence-electron chi connectivity index (χ0n) is 15.5. The van der Waals surface area contributed by atoms with E-state index in [1.54, 1.807) is 17.7 Å². The number of aromatic nitrogens is 4. The lowest BCUT2D eigenvalue weighted by Crippen LogP contribution is -2.40. The van der Waals surface area contributed by atoms with E-state index in [4.69, 9.17) is 4.99 Å². The van der Waals surface area contributed by atoms with Crippen LogP contribution < -0.4 is 10.6 Å². The van der Waals surface area contributed by atoms with Crippen LogP contribution in [0.3, 0.4) is 0 Å². The zero-order chi connectivity index (χ0) is 18.7. The minimum Gasteiger partial charge on any atom is -0.356 e. The number of thiophene rings is 1. The Morgan fingerprint density at radius 3 is 2.89 bits per heavy atom. The highest BCUT2D eigenvalue weighted by Gasteiger charge is 2.03. The fourth-order valence-corrected chi connectivity index (χ4v) is 3.25. The highest BCUT2D eigenvalue weighted by molar-refractivity contribution is 7.09. The van der Waals surface area contributed by atoms with Gasteiger partial charge < -0.3 is 15.2 Å². The second-order valence-corrected chi connectivity index (χ2v) is 7.00. The minimum atomic E-state index is 0.670. The van der Waals surface area contributed by atoms with Gasteiger partial charge in [0.15, 0.2) is 5.96 Å². The third-order valence-electron chi connectivity index (χ3n) is 4.03. The van der Waals surface area contributed by atoms with Crippen LogP contribution in [-0.2, 0) is 25.9 Å². The molecular formula is C19H25N7S. The van der Waals surface area contributed by atoms with Crippen LogP contribution in [0.4, 0.5) is 0 Å². The van der Waals surface area contributed by atoms with E-state index >= 15 is 0 Å². The standard InChI is InChI=1S/C19H25N7S/c1-2-18-25-24-15-26(18)12-11-22-19(23-14-17-7-5-13-27-17)21-10-8-16-6-3-4-9-20-16/h3-7,9,13,15H,2,8,10-12,14H2,1H3,(H2,21,22,23). The topological polar surface area (TPSA) is 80.0 Å². The Labute approximate surface area is 163 Å². The molecule has 0 aliphatic heterocycles. The molecule has 0 saturated heterocycles. The minimum absolute atomic E-state index is 0.670. The van der Waals surface area contributed by atoms with Gasteiger partial charge >= 0.3 is 0 Å². The molecule has 0 aliphatic carbocycles. The highest BCUT2D eigenvalue weighted by Crippen LogP contribution is 2.09. The summed E-state index contributed by atoms with van der Waals surface area (Å²) < 4.78 is 2.07. The Bertz CT molecular complexity index is 812. The van der Waals surface area contributed by atoms with Gasteiger partial charge in [0.25, 0.3) is 0 Å². The first kappa shape index (κ1) is 19.0. The number of aryl methyl sites for hydroxylation is 1. The SMILES string of the molecule is CCc1nncn1CCNC(=NCc1cccs1)NCCc1ccccn1. The third-order valence-corrected chi connectivity index (χ3v) is 4.89. The second-order valence-electron chi connectivity index (χ2n) is 5.96. The Kier molecular flexibility index (Phi) is 7.34. The van der Waals surface area contributed by atoms with E-state index in [9.17, 15) is 0 Å². The molecule has 3 rings (SSSR count). The molecule has 3 heterocycles. The predicted octanol–water partition coefficient (Wildman–Crippen LogP) is 2.28. The fraction of sp³-hybridized carbons (Fsp3) is 0.368.